The second-order valence-electron chi connectivity index (χ2n) is 4.44. The summed E-state index contributed by atoms with van der Waals surface area (Å²) in [6.07, 6.45) is -2.58. The molecule has 21 heavy (non-hydrogen) atoms. The van der Waals surface area contributed by atoms with Crippen LogP contribution in [0.15, 0.2) is 60.3 Å². The fourth-order valence-corrected chi connectivity index (χ4v) is 4.08. The van der Waals surface area contributed by atoms with Crippen LogP contribution in [-0.2, 0) is 6.18 Å². The first kappa shape index (κ1) is 16.1. The Bertz CT molecular complexity index is 620. The van der Waals surface area contributed by atoms with Crippen LogP contribution in [0.2, 0.25) is 0 Å². The molecule has 2 aromatic rings. The highest BCUT2D eigenvalue weighted by molar-refractivity contribution is 7.53. The van der Waals surface area contributed by atoms with Crippen molar-refractivity contribution in [2.45, 2.75) is 6.18 Å². The van der Waals surface area contributed by atoms with E-state index in [0.29, 0.717) is 5.19 Å². The molecule has 0 aliphatic rings. The normalized spacial score (nSPS) is 12.8. The van der Waals surface area contributed by atoms with E-state index in [9.17, 15) is 13.2 Å². The Morgan fingerprint density at radius 3 is 1.95 bits per heavy atom. The molecule has 2 aromatic carbocycles. The molecule has 110 valence electrons. The van der Waals surface area contributed by atoms with Crippen molar-refractivity contribution in [2.75, 3.05) is 0 Å². The summed E-state index contributed by atoms with van der Waals surface area (Å²) in [4.78, 5) is 0. The van der Waals surface area contributed by atoms with Gasteiger partial charge in [0.15, 0.2) is 0 Å². The quantitative estimate of drug-likeness (QED) is 0.536. The second kappa shape index (κ2) is 6.26. The summed E-state index contributed by atoms with van der Waals surface area (Å²) in [6.45, 7) is -2.95. The lowest BCUT2D eigenvalue weighted by Gasteiger charge is -2.14. The summed E-state index contributed by atoms with van der Waals surface area (Å²) in [5, 5.41) is 0.519. The minimum atomic E-state index is -4.36. The van der Waals surface area contributed by atoms with Gasteiger partial charge in [-0.1, -0.05) is 66.4 Å². The van der Waals surface area contributed by atoms with Crippen molar-refractivity contribution in [1.82, 2.24) is 0 Å². The molecule has 0 fully saturated rings. The fourth-order valence-electron chi connectivity index (χ4n) is 1.74. The largest absolute Gasteiger partial charge is 0.416 e. The van der Waals surface area contributed by atoms with Crippen LogP contribution in [-0.4, -0.2) is 6.69 Å². The zero-order valence-corrected chi connectivity index (χ0v) is 13.3. The van der Waals surface area contributed by atoms with Gasteiger partial charge in [-0.3, -0.25) is 0 Å². The SMILES string of the molecule is FC(F)(F)c1ccc([Si](Cl)(Cl)/C=C/c2ccccc2)cc1. The summed E-state index contributed by atoms with van der Waals surface area (Å²) < 4.78 is 37.6. The minimum absolute atomic E-state index is 0.519. The zero-order valence-electron chi connectivity index (χ0n) is 10.7. The van der Waals surface area contributed by atoms with Crippen LogP contribution < -0.4 is 5.19 Å². The molecule has 0 N–H and O–H groups in total. The van der Waals surface area contributed by atoms with E-state index in [1.807, 2.05) is 30.3 Å². The molecule has 0 bridgehead atoms. The monoisotopic (exact) mass is 346 g/mol. The first-order valence-electron chi connectivity index (χ1n) is 6.09. The second-order valence-corrected chi connectivity index (χ2v) is 10.8. The van der Waals surface area contributed by atoms with Crippen molar-refractivity contribution in [3.8, 4) is 0 Å². The van der Waals surface area contributed by atoms with Crippen molar-refractivity contribution in [3.05, 3.63) is 71.4 Å². The Kier molecular flexibility index (Phi) is 4.81. The smallest absolute Gasteiger partial charge is 0.166 e. The Labute approximate surface area is 131 Å². The third-order valence-corrected chi connectivity index (χ3v) is 6.64. The van der Waals surface area contributed by atoms with Crippen molar-refractivity contribution in [1.29, 1.82) is 0 Å². The third kappa shape index (κ3) is 4.36. The van der Waals surface area contributed by atoms with E-state index in [2.05, 4.69) is 0 Å². The van der Waals surface area contributed by atoms with Gasteiger partial charge in [-0.25, -0.2) is 0 Å². The van der Waals surface area contributed by atoms with Gasteiger partial charge in [-0.15, -0.1) is 22.2 Å². The van der Waals surface area contributed by atoms with E-state index < -0.39 is 18.4 Å². The molecule has 0 saturated carbocycles. The summed E-state index contributed by atoms with van der Waals surface area (Å²) >= 11 is 12.6. The van der Waals surface area contributed by atoms with Gasteiger partial charge in [0.05, 0.1) is 5.56 Å². The number of benzene rings is 2. The zero-order chi connectivity index (χ0) is 15.5. The Morgan fingerprint density at radius 2 is 1.43 bits per heavy atom. The van der Waals surface area contributed by atoms with E-state index in [0.717, 1.165) is 17.7 Å². The summed E-state index contributed by atoms with van der Waals surface area (Å²) in [6, 6.07) is 14.1. The minimum Gasteiger partial charge on any atom is -0.166 e. The molecule has 0 heterocycles. The van der Waals surface area contributed by atoms with E-state index in [1.54, 1.807) is 11.8 Å². The van der Waals surface area contributed by atoms with Gasteiger partial charge in [0.25, 0.3) is 0 Å². The van der Waals surface area contributed by atoms with Crippen LogP contribution in [0.1, 0.15) is 11.1 Å². The molecule has 6 heteroatoms. The molecule has 0 radical (unpaired) electrons. The van der Waals surface area contributed by atoms with Gasteiger partial charge >= 0.3 is 12.9 Å². The lowest BCUT2D eigenvalue weighted by molar-refractivity contribution is -0.137. The van der Waals surface area contributed by atoms with E-state index in [1.165, 1.54) is 12.1 Å². The topological polar surface area (TPSA) is 0 Å². The van der Waals surface area contributed by atoms with Gasteiger partial charge in [0, 0.05) is 0 Å². The first-order valence-corrected chi connectivity index (χ1v) is 10.2. The molecule has 0 atom stereocenters. The van der Waals surface area contributed by atoms with Gasteiger partial charge in [-0.2, -0.15) is 13.2 Å². The molecule has 0 amide bonds. The van der Waals surface area contributed by atoms with Crippen LogP contribution >= 0.6 is 22.2 Å². The number of rotatable bonds is 3. The highest BCUT2D eigenvalue weighted by atomic mass is 35.7. The van der Waals surface area contributed by atoms with Gasteiger partial charge in [-0.05, 0) is 10.8 Å². The molecule has 0 unspecified atom stereocenters. The lowest BCUT2D eigenvalue weighted by atomic mass is 10.2. The molecule has 0 saturated heterocycles. The lowest BCUT2D eigenvalue weighted by Crippen LogP contribution is -2.34. The van der Waals surface area contributed by atoms with Crippen molar-refractivity contribution in [2.24, 2.45) is 0 Å². The van der Waals surface area contributed by atoms with E-state index in [-0.39, 0.29) is 0 Å². The van der Waals surface area contributed by atoms with Crippen molar-refractivity contribution >= 4 is 40.1 Å². The van der Waals surface area contributed by atoms with E-state index in [4.69, 9.17) is 22.2 Å². The van der Waals surface area contributed by atoms with Crippen molar-refractivity contribution in [3.63, 3.8) is 0 Å². The predicted octanol–water partition coefficient (Wildman–Crippen LogP) is 5.08. The summed E-state index contributed by atoms with van der Waals surface area (Å²) in [5.74, 6) is 0. The molecule has 0 aliphatic carbocycles. The Balaban J connectivity index is 2.21. The maximum Gasteiger partial charge on any atom is 0.416 e. The highest BCUT2D eigenvalue weighted by Crippen LogP contribution is 2.29. The maximum atomic E-state index is 12.5. The molecule has 0 nitrogen and oxygen atoms in total. The summed E-state index contributed by atoms with van der Waals surface area (Å²) in [5.41, 5.74) is 1.90. The van der Waals surface area contributed by atoms with Crippen LogP contribution in [0.3, 0.4) is 0 Å². The molecule has 0 aliphatic heterocycles. The average Bonchev–Trinajstić information content (AvgIpc) is 2.46. The number of halogens is 5. The Morgan fingerprint density at radius 1 is 0.857 bits per heavy atom. The third-order valence-electron chi connectivity index (χ3n) is 2.88. The van der Waals surface area contributed by atoms with Crippen molar-refractivity contribution < 1.29 is 13.2 Å². The first-order chi connectivity index (χ1) is 9.79. The van der Waals surface area contributed by atoms with E-state index >= 15 is 0 Å². The van der Waals surface area contributed by atoms with Gasteiger partial charge < -0.3 is 0 Å². The Hall–Kier alpha value is -1.23. The highest BCUT2D eigenvalue weighted by Gasteiger charge is 2.32. The summed E-state index contributed by atoms with van der Waals surface area (Å²) in [7, 11) is 0. The molecular formula is C15H11Cl2F3Si. The molecule has 0 spiro atoms. The van der Waals surface area contributed by atoms with Crippen LogP contribution in [0.25, 0.3) is 6.08 Å². The average molecular weight is 347 g/mol. The molecular weight excluding hydrogens is 336 g/mol. The van der Waals surface area contributed by atoms with Gasteiger partial charge in [0.2, 0.25) is 0 Å². The van der Waals surface area contributed by atoms with Crippen LogP contribution in [0, 0.1) is 0 Å². The maximum absolute atomic E-state index is 12.5. The standard InChI is InChI=1S/C15H11Cl2F3Si/c16-21(17,11-10-12-4-2-1-3-5-12)14-8-6-13(7-9-14)15(18,19)20/h1-11H/b11-10+. The predicted molar refractivity (Wildman–Crippen MR) is 84.0 cm³/mol. The number of hydrogen-bond acceptors (Lipinski definition) is 0. The van der Waals surface area contributed by atoms with Crippen LogP contribution in [0.4, 0.5) is 13.2 Å². The molecule has 0 aromatic heterocycles. The van der Waals surface area contributed by atoms with Crippen LogP contribution in [0.5, 0.6) is 0 Å². The molecule has 2 rings (SSSR count). The fraction of sp³-hybridized carbons (Fsp3) is 0.0667. The number of hydrogen-bond donors (Lipinski definition) is 0. The van der Waals surface area contributed by atoms with Gasteiger partial charge in [0.1, 0.15) is 0 Å². The number of alkyl halides is 3.